The molecular weight excluding hydrogens is 230 g/mol. The zero-order valence-corrected chi connectivity index (χ0v) is 11.0. The number of aromatic nitrogens is 1. The fourth-order valence-corrected chi connectivity index (χ4v) is 2.03. The van der Waals surface area contributed by atoms with Crippen LogP contribution < -0.4 is 10.6 Å². The number of hydrogen-bond acceptors (Lipinski definition) is 3. The summed E-state index contributed by atoms with van der Waals surface area (Å²) in [4.78, 5) is 7.31. The monoisotopic (exact) mass is 249 g/mol. The lowest BCUT2D eigenvalue weighted by Gasteiger charge is -2.23. The molecule has 0 radical (unpaired) electrons. The molecule has 1 aliphatic carbocycles. The van der Waals surface area contributed by atoms with E-state index in [9.17, 15) is 0 Å². The van der Waals surface area contributed by atoms with E-state index in [4.69, 9.17) is 18.0 Å². The number of unbranched alkanes of at least 4 members (excludes halogenated alkanes) is 1. The van der Waals surface area contributed by atoms with Gasteiger partial charge in [-0.2, -0.15) is 0 Å². The Hall–Kier alpha value is -1.16. The first-order valence-corrected chi connectivity index (χ1v) is 6.66. The zero-order valence-electron chi connectivity index (χ0n) is 10.2. The highest BCUT2D eigenvalue weighted by Crippen LogP contribution is 2.30. The van der Waals surface area contributed by atoms with Crippen molar-refractivity contribution in [1.29, 1.82) is 0 Å². The quantitative estimate of drug-likeness (QED) is 0.787. The number of nitrogens with zero attached hydrogens (tertiary/aromatic N) is 2. The summed E-state index contributed by atoms with van der Waals surface area (Å²) in [7, 11) is 0. The molecule has 0 aliphatic heterocycles. The third-order valence-corrected chi connectivity index (χ3v) is 3.23. The van der Waals surface area contributed by atoms with E-state index in [-0.39, 0.29) is 0 Å². The van der Waals surface area contributed by atoms with Crippen LogP contribution >= 0.6 is 12.2 Å². The van der Waals surface area contributed by atoms with Crippen LogP contribution in [0.5, 0.6) is 0 Å². The van der Waals surface area contributed by atoms with E-state index in [0.29, 0.717) is 11.0 Å². The summed E-state index contributed by atoms with van der Waals surface area (Å²) < 4.78 is 0. The number of hydrogen-bond donors (Lipinski definition) is 1. The molecule has 0 bridgehead atoms. The van der Waals surface area contributed by atoms with Crippen LogP contribution in [0.4, 0.5) is 5.82 Å². The van der Waals surface area contributed by atoms with Gasteiger partial charge in [-0.05, 0) is 31.4 Å². The van der Waals surface area contributed by atoms with Crippen molar-refractivity contribution in [3.63, 3.8) is 0 Å². The van der Waals surface area contributed by atoms with Gasteiger partial charge in [0, 0.05) is 12.6 Å². The van der Waals surface area contributed by atoms with Crippen molar-refractivity contribution < 1.29 is 0 Å². The van der Waals surface area contributed by atoms with Gasteiger partial charge in [-0.3, -0.25) is 0 Å². The van der Waals surface area contributed by atoms with Gasteiger partial charge in [-0.25, -0.2) is 4.98 Å². The SMILES string of the molecule is CCCCN(c1cccc(C(N)=S)n1)C1CC1. The number of thiocarbonyl (C=S) groups is 1. The maximum absolute atomic E-state index is 5.63. The predicted molar refractivity (Wildman–Crippen MR) is 75.4 cm³/mol. The molecule has 0 spiro atoms. The first-order valence-electron chi connectivity index (χ1n) is 6.26. The van der Waals surface area contributed by atoms with Gasteiger partial charge in [0.25, 0.3) is 0 Å². The summed E-state index contributed by atoms with van der Waals surface area (Å²) in [6.07, 6.45) is 4.97. The molecule has 2 rings (SSSR count). The number of pyridine rings is 1. The van der Waals surface area contributed by atoms with E-state index in [1.54, 1.807) is 0 Å². The Bertz CT molecular complexity index is 401. The Kier molecular flexibility index (Phi) is 3.94. The minimum absolute atomic E-state index is 0.373. The Morgan fingerprint density at radius 2 is 2.29 bits per heavy atom. The first kappa shape index (κ1) is 12.3. The maximum Gasteiger partial charge on any atom is 0.129 e. The molecule has 92 valence electrons. The molecule has 3 nitrogen and oxygen atoms in total. The highest BCUT2D eigenvalue weighted by Gasteiger charge is 2.29. The third kappa shape index (κ3) is 3.16. The molecule has 1 heterocycles. The van der Waals surface area contributed by atoms with Crippen LogP contribution in [0.15, 0.2) is 18.2 Å². The van der Waals surface area contributed by atoms with Gasteiger partial charge in [-0.1, -0.05) is 31.6 Å². The highest BCUT2D eigenvalue weighted by atomic mass is 32.1. The summed E-state index contributed by atoms with van der Waals surface area (Å²) in [5.41, 5.74) is 6.35. The molecule has 1 aromatic heterocycles. The van der Waals surface area contributed by atoms with Gasteiger partial charge in [-0.15, -0.1) is 0 Å². The van der Waals surface area contributed by atoms with Crippen LogP contribution in [0.25, 0.3) is 0 Å². The molecule has 1 aromatic rings. The van der Waals surface area contributed by atoms with Crippen LogP contribution in [-0.2, 0) is 0 Å². The van der Waals surface area contributed by atoms with Crippen molar-refractivity contribution in [2.45, 2.75) is 38.6 Å². The Balaban J connectivity index is 2.16. The van der Waals surface area contributed by atoms with Gasteiger partial charge in [0.1, 0.15) is 10.8 Å². The average molecular weight is 249 g/mol. The van der Waals surface area contributed by atoms with Crippen LogP contribution in [0.1, 0.15) is 38.3 Å². The van der Waals surface area contributed by atoms with Crippen LogP contribution in [0.2, 0.25) is 0 Å². The molecule has 0 atom stereocenters. The largest absolute Gasteiger partial charge is 0.388 e. The first-order chi connectivity index (χ1) is 8.22. The fraction of sp³-hybridized carbons (Fsp3) is 0.538. The molecule has 2 N–H and O–H groups in total. The zero-order chi connectivity index (χ0) is 12.3. The van der Waals surface area contributed by atoms with E-state index in [1.807, 2.05) is 12.1 Å². The van der Waals surface area contributed by atoms with Crippen molar-refractivity contribution in [3.05, 3.63) is 23.9 Å². The second kappa shape index (κ2) is 5.45. The predicted octanol–water partition coefficient (Wildman–Crippen LogP) is 2.48. The minimum atomic E-state index is 0.373. The number of rotatable bonds is 6. The Morgan fingerprint density at radius 3 is 2.88 bits per heavy atom. The minimum Gasteiger partial charge on any atom is -0.388 e. The normalized spacial score (nSPS) is 14.6. The average Bonchev–Trinajstić information content (AvgIpc) is 3.14. The third-order valence-electron chi connectivity index (χ3n) is 3.02. The molecule has 1 fully saturated rings. The molecule has 17 heavy (non-hydrogen) atoms. The number of nitrogens with two attached hydrogens (primary N) is 1. The van der Waals surface area contributed by atoms with Crippen molar-refractivity contribution in [2.24, 2.45) is 5.73 Å². The van der Waals surface area contributed by atoms with Crippen LogP contribution in [0, 0.1) is 0 Å². The Morgan fingerprint density at radius 1 is 1.53 bits per heavy atom. The van der Waals surface area contributed by atoms with E-state index >= 15 is 0 Å². The summed E-state index contributed by atoms with van der Waals surface area (Å²) in [6, 6.07) is 6.58. The van der Waals surface area contributed by atoms with Gasteiger partial charge in [0.05, 0.1) is 5.69 Å². The number of anilines is 1. The van der Waals surface area contributed by atoms with E-state index in [0.717, 1.165) is 18.1 Å². The van der Waals surface area contributed by atoms with E-state index in [1.165, 1.54) is 25.7 Å². The second-order valence-corrected chi connectivity index (χ2v) is 4.96. The summed E-state index contributed by atoms with van der Waals surface area (Å²) in [5.74, 6) is 1.02. The molecule has 0 saturated heterocycles. The molecule has 0 unspecified atom stereocenters. The highest BCUT2D eigenvalue weighted by molar-refractivity contribution is 7.80. The van der Waals surface area contributed by atoms with Crippen LogP contribution in [0.3, 0.4) is 0 Å². The van der Waals surface area contributed by atoms with E-state index in [2.05, 4.69) is 22.9 Å². The lowest BCUT2D eigenvalue weighted by atomic mass is 10.3. The summed E-state index contributed by atoms with van der Waals surface area (Å²) in [5, 5.41) is 0. The summed E-state index contributed by atoms with van der Waals surface area (Å²) in [6.45, 7) is 3.29. The topological polar surface area (TPSA) is 42.1 Å². The van der Waals surface area contributed by atoms with Gasteiger partial charge < -0.3 is 10.6 Å². The molecule has 0 aromatic carbocycles. The van der Waals surface area contributed by atoms with Gasteiger partial charge in [0.2, 0.25) is 0 Å². The maximum atomic E-state index is 5.63. The molecule has 1 saturated carbocycles. The van der Waals surface area contributed by atoms with Crippen molar-refractivity contribution in [2.75, 3.05) is 11.4 Å². The molecule has 1 aliphatic rings. The smallest absolute Gasteiger partial charge is 0.129 e. The fourth-order valence-electron chi connectivity index (χ4n) is 1.92. The van der Waals surface area contributed by atoms with Crippen molar-refractivity contribution in [1.82, 2.24) is 4.98 Å². The summed E-state index contributed by atoms with van der Waals surface area (Å²) >= 11 is 4.97. The second-order valence-electron chi connectivity index (χ2n) is 4.52. The van der Waals surface area contributed by atoms with E-state index < -0.39 is 0 Å². The van der Waals surface area contributed by atoms with Gasteiger partial charge in [0.15, 0.2) is 0 Å². The van der Waals surface area contributed by atoms with Crippen molar-refractivity contribution >= 4 is 23.0 Å². The molecule has 0 amide bonds. The standard InChI is InChI=1S/C13H19N3S/c1-2-3-9-16(10-7-8-10)12-6-4-5-11(15-12)13(14)17/h4-6,10H,2-3,7-9H2,1H3,(H2,14,17). The lowest BCUT2D eigenvalue weighted by molar-refractivity contribution is 0.704. The molecular formula is C13H19N3S. The lowest BCUT2D eigenvalue weighted by Crippen LogP contribution is -2.28. The molecule has 4 heteroatoms. The van der Waals surface area contributed by atoms with Crippen molar-refractivity contribution in [3.8, 4) is 0 Å². The van der Waals surface area contributed by atoms with Gasteiger partial charge >= 0.3 is 0 Å². The Labute approximate surface area is 108 Å². The van der Waals surface area contributed by atoms with Crippen LogP contribution in [-0.4, -0.2) is 22.6 Å².